The molecule has 1 aromatic rings. The van der Waals surface area contributed by atoms with Gasteiger partial charge >= 0.3 is 0 Å². The van der Waals surface area contributed by atoms with E-state index >= 15 is 0 Å². The minimum absolute atomic E-state index is 0.819. The molecular weight excluding hydrogens is 170 g/mol. The van der Waals surface area contributed by atoms with E-state index in [1.165, 1.54) is 0 Å². The van der Waals surface area contributed by atoms with Gasteiger partial charge in [0.2, 0.25) is 0 Å². The molecule has 0 bridgehead atoms. The molecule has 0 saturated carbocycles. The maximum Gasteiger partial charge on any atom is 0.152 e. The summed E-state index contributed by atoms with van der Waals surface area (Å²) in [6, 6.07) is 0. The molecule has 0 unspecified atom stereocenters. The number of aromatic nitrogens is 1. The highest BCUT2D eigenvalue weighted by Crippen LogP contribution is 2.13. The SMILES string of the molecule is CCc1conc1Br. The van der Waals surface area contributed by atoms with Crippen molar-refractivity contribution in [2.24, 2.45) is 0 Å². The number of hydrogen-bond donors (Lipinski definition) is 0. The zero-order valence-corrected chi connectivity index (χ0v) is 6.10. The lowest BCUT2D eigenvalue weighted by molar-refractivity contribution is 0.415. The third-order valence-electron chi connectivity index (χ3n) is 0.974. The first-order valence-electron chi connectivity index (χ1n) is 2.43. The van der Waals surface area contributed by atoms with Crippen LogP contribution in [0.2, 0.25) is 0 Å². The quantitative estimate of drug-likeness (QED) is 0.653. The number of nitrogens with zero attached hydrogens (tertiary/aromatic N) is 1. The number of rotatable bonds is 1. The van der Waals surface area contributed by atoms with Crippen molar-refractivity contribution in [3.8, 4) is 0 Å². The molecule has 44 valence electrons. The Kier molecular flexibility index (Phi) is 1.68. The smallest absolute Gasteiger partial charge is 0.152 e. The summed E-state index contributed by atoms with van der Waals surface area (Å²) >= 11 is 3.22. The highest BCUT2D eigenvalue weighted by Gasteiger charge is 1.98. The summed E-state index contributed by atoms with van der Waals surface area (Å²) in [5, 5.41) is 3.63. The average Bonchev–Trinajstić information content (AvgIpc) is 2.14. The van der Waals surface area contributed by atoms with Gasteiger partial charge in [0.1, 0.15) is 6.26 Å². The molecule has 0 radical (unpaired) electrons. The summed E-state index contributed by atoms with van der Waals surface area (Å²) in [5.74, 6) is 0. The minimum atomic E-state index is 0.819. The number of hydrogen-bond acceptors (Lipinski definition) is 2. The first kappa shape index (κ1) is 5.82. The molecule has 0 aliphatic rings. The van der Waals surface area contributed by atoms with Crippen molar-refractivity contribution in [2.45, 2.75) is 13.3 Å². The van der Waals surface area contributed by atoms with E-state index in [2.05, 4.69) is 32.5 Å². The van der Waals surface area contributed by atoms with E-state index in [-0.39, 0.29) is 0 Å². The lowest BCUT2D eigenvalue weighted by atomic mass is 10.3. The van der Waals surface area contributed by atoms with Gasteiger partial charge in [-0.2, -0.15) is 0 Å². The van der Waals surface area contributed by atoms with Gasteiger partial charge in [-0.3, -0.25) is 0 Å². The highest BCUT2D eigenvalue weighted by molar-refractivity contribution is 9.10. The monoisotopic (exact) mass is 175 g/mol. The van der Waals surface area contributed by atoms with E-state index < -0.39 is 0 Å². The first-order valence-corrected chi connectivity index (χ1v) is 3.22. The van der Waals surface area contributed by atoms with Crippen molar-refractivity contribution in [3.05, 3.63) is 16.4 Å². The summed E-state index contributed by atoms with van der Waals surface area (Å²) in [7, 11) is 0. The van der Waals surface area contributed by atoms with Gasteiger partial charge in [-0.1, -0.05) is 12.1 Å². The number of halogens is 1. The summed E-state index contributed by atoms with van der Waals surface area (Å²) in [6.45, 7) is 2.05. The van der Waals surface area contributed by atoms with Crippen LogP contribution in [0.5, 0.6) is 0 Å². The predicted molar refractivity (Wildman–Crippen MR) is 33.6 cm³/mol. The molecule has 0 aliphatic carbocycles. The van der Waals surface area contributed by atoms with E-state index in [1.807, 2.05) is 0 Å². The van der Waals surface area contributed by atoms with Crippen LogP contribution in [0.15, 0.2) is 15.4 Å². The van der Waals surface area contributed by atoms with Crippen molar-refractivity contribution in [3.63, 3.8) is 0 Å². The predicted octanol–water partition coefficient (Wildman–Crippen LogP) is 2.00. The van der Waals surface area contributed by atoms with E-state index in [9.17, 15) is 0 Å². The third-order valence-corrected chi connectivity index (χ3v) is 1.63. The van der Waals surface area contributed by atoms with Crippen LogP contribution in [-0.2, 0) is 6.42 Å². The molecule has 1 rings (SSSR count). The molecule has 1 aromatic heterocycles. The van der Waals surface area contributed by atoms with Gasteiger partial charge in [0.15, 0.2) is 4.60 Å². The molecule has 0 spiro atoms. The Balaban J connectivity index is 2.92. The Labute approximate surface area is 56.0 Å². The third kappa shape index (κ3) is 0.916. The van der Waals surface area contributed by atoms with Crippen molar-refractivity contribution in [2.75, 3.05) is 0 Å². The first-order chi connectivity index (χ1) is 3.84. The second-order valence-corrected chi connectivity index (χ2v) is 2.24. The maximum atomic E-state index is 4.64. The van der Waals surface area contributed by atoms with Crippen molar-refractivity contribution >= 4 is 15.9 Å². The summed E-state index contributed by atoms with van der Waals surface area (Å²) in [6.07, 6.45) is 2.61. The fourth-order valence-corrected chi connectivity index (χ4v) is 0.930. The fraction of sp³-hybridized carbons (Fsp3) is 0.400. The lowest BCUT2D eigenvalue weighted by Gasteiger charge is -1.81. The van der Waals surface area contributed by atoms with Crippen LogP contribution in [0.25, 0.3) is 0 Å². The Morgan fingerprint density at radius 3 is 2.88 bits per heavy atom. The van der Waals surface area contributed by atoms with Crippen LogP contribution in [0.3, 0.4) is 0 Å². The zero-order valence-electron chi connectivity index (χ0n) is 4.52. The number of aryl methyl sites for hydroxylation is 1. The Morgan fingerprint density at radius 1 is 1.88 bits per heavy atom. The van der Waals surface area contributed by atoms with Crippen LogP contribution >= 0.6 is 15.9 Å². The maximum absolute atomic E-state index is 4.64. The highest BCUT2D eigenvalue weighted by atomic mass is 79.9. The topological polar surface area (TPSA) is 26.0 Å². The Hall–Kier alpha value is -0.310. The van der Waals surface area contributed by atoms with Crippen LogP contribution in [0.4, 0.5) is 0 Å². The fourth-order valence-electron chi connectivity index (χ4n) is 0.473. The van der Waals surface area contributed by atoms with Crippen LogP contribution in [0, 0.1) is 0 Å². The molecule has 0 fully saturated rings. The Bertz CT molecular complexity index is 173. The van der Waals surface area contributed by atoms with Gasteiger partial charge in [0, 0.05) is 5.56 Å². The standard InChI is InChI=1S/C5H6BrNO/c1-2-4-3-8-7-5(4)6/h3H,2H2,1H3. The van der Waals surface area contributed by atoms with Crippen molar-refractivity contribution < 1.29 is 4.52 Å². The van der Waals surface area contributed by atoms with Gasteiger partial charge in [0.25, 0.3) is 0 Å². The molecule has 0 N–H and O–H groups in total. The van der Waals surface area contributed by atoms with Crippen molar-refractivity contribution in [1.29, 1.82) is 0 Å². The molecule has 3 heteroatoms. The molecule has 8 heavy (non-hydrogen) atoms. The molecule has 0 atom stereocenters. The minimum Gasteiger partial charge on any atom is -0.363 e. The van der Waals surface area contributed by atoms with Gasteiger partial charge in [-0.15, -0.1) is 0 Å². The molecule has 0 saturated heterocycles. The molecule has 2 nitrogen and oxygen atoms in total. The molecular formula is C5H6BrNO. The largest absolute Gasteiger partial charge is 0.363 e. The van der Waals surface area contributed by atoms with Gasteiger partial charge < -0.3 is 4.52 Å². The molecule has 1 heterocycles. The molecule has 0 aromatic carbocycles. The van der Waals surface area contributed by atoms with Gasteiger partial charge in [0.05, 0.1) is 0 Å². The van der Waals surface area contributed by atoms with Gasteiger partial charge in [-0.05, 0) is 22.4 Å². The second-order valence-electron chi connectivity index (χ2n) is 1.48. The van der Waals surface area contributed by atoms with E-state index in [4.69, 9.17) is 0 Å². The summed E-state index contributed by atoms with van der Waals surface area (Å²) in [4.78, 5) is 0. The second kappa shape index (κ2) is 2.31. The van der Waals surface area contributed by atoms with Crippen LogP contribution in [-0.4, -0.2) is 5.16 Å². The van der Waals surface area contributed by atoms with E-state index in [0.29, 0.717) is 0 Å². The summed E-state index contributed by atoms with van der Waals surface area (Å²) in [5.41, 5.74) is 1.12. The summed E-state index contributed by atoms with van der Waals surface area (Å²) < 4.78 is 5.46. The van der Waals surface area contributed by atoms with Crippen LogP contribution < -0.4 is 0 Å². The van der Waals surface area contributed by atoms with E-state index in [1.54, 1.807) is 6.26 Å². The Morgan fingerprint density at radius 2 is 2.62 bits per heavy atom. The average molecular weight is 176 g/mol. The van der Waals surface area contributed by atoms with Gasteiger partial charge in [-0.25, -0.2) is 0 Å². The molecule has 0 aliphatic heterocycles. The molecule has 0 amide bonds. The lowest BCUT2D eigenvalue weighted by Crippen LogP contribution is -1.72. The zero-order chi connectivity index (χ0) is 5.98. The van der Waals surface area contributed by atoms with Crippen molar-refractivity contribution in [1.82, 2.24) is 5.16 Å². The van der Waals surface area contributed by atoms with Crippen LogP contribution in [0.1, 0.15) is 12.5 Å². The van der Waals surface area contributed by atoms with E-state index in [0.717, 1.165) is 16.6 Å². The normalized spacial score (nSPS) is 9.75.